The molecule has 3 N–H and O–H groups in total. The van der Waals surface area contributed by atoms with Gasteiger partial charge in [0, 0.05) is 6.54 Å². The number of nitrogen functional groups attached to an aromatic ring is 1. The van der Waals surface area contributed by atoms with Crippen LogP contribution in [0.2, 0.25) is 0 Å². The Morgan fingerprint density at radius 1 is 1.25 bits per heavy atom. The molecule has 1 fully saturated rings. The average Bonchev–Trinajstić information content (AvgIpc) is 2.73. The largest absolute Gasteiger partial charge is 0.492 e. The van der Waals surface area contributed by atoms with Crippen molar-refractivity contribution in [2.45, 2.75) is 65.3 Å². The quantitative estimate of drug-likeness (QED) is 0.599. The molecule has 0 aromatic heterocycles. The Balaban J connectivity index is 2.27. The highest BCUT2D eigenvalue weighted by Crippen LogP contribution is 2.38. The van der Waals surface area contributed by atoms with Crippen LogP contribution >= 0.6 is 0 Å². The molecule has 0 unspecified atom stereocenters. The smallest absolute Gasteiger partial charge is 0.444 e. The lowest BCUT2D eigenvalue weighted by Crippen LogP contribution is -2.41. The number of alkyl carbamates (subject to hydrolysis) is 1. The second-order valence-corrected chi connectivity index (χ2v) is 8.94. The number of amides is 1. The van der Waals surface area contributed by atoms with E-state index in [1.807, 2.05) is 27.7 Å². The molecule has 1 amide bonds. The van der Waals surface area contributed by atoms with Crippen LogP contribution in [-0.4, -0.2) is 36.6 Å². The molecular formula is C20H30BFN2O4. The molecule has 0 radical (unpaired) electrons. The van der Waals surface area contributed by atoms with E-state index in [0.29, 0.717) is 11.0 Å². The van der Waals surface area contributed by atoms with Gasteiger partial charge in [0.2, 0.25) is 0 Å². The number of benzene rings is 1. The molecule has 1 heterocycles. The van der Waals surface area contributed by atoms with Gasteiger partial charge in [0.05, 0.1) is 16.9 Å². The highest BCUT2D eigenvalue weighted by Gasteiger charge is 2.52. The van der Waals surface area contributed by atoms with E-state index in [0.717, 1.165) is 0 Å². The molecule has 1 aliphatic rings. The Hall–Kier alpha value is -2.06. The molecule has 0 saturated carbocycles. The second kappa shape index (κ2) is 7.76. The van der Waals surface area contributed by atoms with E-state index in [1.165, 1.54) is 12.1 Å². The van der Waals surface area contributed by atoms with Crippen LogP contribution in [0.1, 0.15) is 54.0 Å². The number of nitrogens with one attached hydrogen (secondary N) is 1. The summed E-state index contributed by atoms with van der Waals surface area (Å²) >= 11 is 0. The summed E-state index contributed by atoms with van der Waals surface area (Å²) in [6.45, 7) is 13.2. The van der Waals surface area contributed by atoms with Gasteiger partial charge in [-0.3, -0.25) is 0 Å². The molecule has 0 bridgehead atoms. The molecule has 1 aromatic rings. The summed E-state index contributed by atoms with van der Waals surface area (Å²) in [5.41, 5.74) is 5.13. The number of carbonyl (C=O) groups is 1. The third-order valence-corrected chi connectivity index (χ3v) is 4.77. The van der Waals surface area contributed by atoms with Crippen molar-refractivity contribution in [1.29, 1.82) is 0 Å². The van der Waals surface area contributed by atoms with Crippen molar-refractivity contribution in [2.24, 2.45) is 0 Å². The van der Waals surface area contributed by atoms with Crippen molar-refractivity contribution in [3.05, 3.63) is 35.1 Å². The van der Waals surface area contributed by atoms with Crippen molar-refractivity contribution >= 4 is 25.0 Å². The molecule has 0 aliphatic carbocycles. The highest BCUT2D eigenvalue weighted by atomic mass is 19.1. The highest BCUT2D eigenvalue weighted by molar-refractivity contribution is 6.56. The van der Waals surface area contributed by atoms with Crippen molar-refractivity contribution in [2.75, 3.05) is 12.3 Å². The summed E-state index contributed by atoms with van der Waals surface area (Å²) in [4.78, 5) is 12.1. The topological polar surface area (TPSA) is 82.8 Å². The Morgan fingerprint density at radius 3 is 2.32 bits per heavy atom. The number of hydrogen-bond donors (Lipinski definition) is 2. The van der Waals surface area contributed by atoms with Gasteiger partial charge >= 0.3 is 13.2 Å². The van der Waals surface area contributed by atoms with Gasteiger partial charge in [-0.05, 0) is 71.6 Å². The Bertz CT molecular complexity index is 756. The molecule has 154 valence electrons. The lowest BCUT2D eigenvalue weighted by molar-refractivity contribution is 0.00578. The lowest BCUT2D eigenvalue weighted by atomic mass is 9.77. The number of anilines is 1. The van der Waals surface area contributed by atoms with Gasteiger partial charge in [-0.2, -0.15) is 0 Å². The Labute approximate surface area is 166 Å². The van der Waals surface area contributed by atoms with Crippen LogP contribution in [0.4, 0.5) is 14.9 Å². The predicted octanol–water partition coefficient (Wildman–Crippen LogP) is 3.95. The summed E-state index contributed by atoms with van der Waals surface area (Å²) in [5, 5.41) is 2.71. The van der Waals surface area contributed by atoms with Crippen LogP contribution in [-0.2, 0) is 14.0 Å². The maximum Gasteiger partial charge on any atom is 0.492 e. The van der Waals surface area contributed by atoms with Gasteiger partial charge in [-0.1, -0.05) is 12.1 Å². The van der Waals surface area contributed by atoms with Crippen molar-refractivity contribution in [1.82, 2.24) is 5.32 Å². The van der Waals surface area contributed by atoms with Crippen LogP contribution in [0.5, 0.6) is 0 Å². The van der Waals surface area contributed by atoms with Gasteiger partial charge < -0.3 is 25.1 Å². The Kier molecular flexibility index (Phi) is 6.16. The summed E-state index contributed by atoms with van der Waals surface area (Å²) in [5.74, 6) is -0.512. The van der Waals surface area contributed by atoms with Crippen molar-refractivity contribution in [3.63, 3.8) is 0 Å². The van der Waals surface area contributed by atoms with E-state index in [-0.39, 0.29) is 12.2 Å². The first kappa shape index (κ1) is 22.2. The van der Waals surface area contributed by atoms with Crippen LogP contribution in [0, 0.1) is 5.82 Å². The molecule has 8 heteroatoms. The number of carbonyl (C=O) groups excluding carboxylic acids is 1. The van der Waals surface area contributed by atoms with Crippen LogP contribution in [0.3, 0.4) is 0 Å². The standard InChI is InChI=1S/C20H30BFN2O4/c1-18(2,3)26-17(25)24-12-14(10-13-8-9-16(23)15(22)11-13)21-27-19(4,5)20(6,7)28-21/h8-11H,12,23H2,1-7H3,(H,24,25). The number of nitrogens with two attached hydrogens (primary N) is 1. The zero-order valence-electron chi connectivity index (χ0n) is 17.7. The van der Waals surface area contributed by atoms with Gasteiger partial charge in [-0.15, -0.1) is 0 Å². The van der Waals surface area contributed by atoms with Crippen LogP contribution < -0.4 is 11.1 Å². The number of halogens is 1. The SMILES string of the molecule is CC(C)(C)OC(=O)NCC(=Cc1ccc(N)c(F)c1)B1OC(C)(C)C(C)(C)O1. The van der Waals surface area contributed by atoms with E-state index < -0.39 is 35.8 Å². The summed E-state index contributed by atoms with van der Waals surface area (Å²) in [6, 6.07) is 4.51. The zero-order valence-corrected chi connectivity index (χ0v) is 17.7. The monoisotopic (exact) mass is 392 g/mol. The molecule has 28 heavy (non-hydrogen) atoms. The van der Waals surface area contributed by atoms with Gasteiger partial charge in [0.1, 0.15) is 11.4 Å². The molecule has 1 saturated heterocycles. The van der Waals surface area contributed by atoms with E-state index in [1.54, 1.807) is 32.9 Å². The minimum atomic E-state index is -0.694. The van der Waals surface area contributed by atoms with Gasteiger partial charge in [0.25, 0.3) is 0 Å². The number of hydrogen-bond acceptors (Lipinski definition) is 5. The number of ether oxygens (including phenoxy) is 1. The third-order valence-electron chi connectivity index (χ3n) is 4.77. The fourth-order valence-corrected chi connectivity index (χ4v) is 2.53. The minimum Gasteiger partial charge on any atom is -0.444 e. The summed E-state index contributed by atoms with van der Waals surface area (Å²) in [6.07, 6.45) is 1.17. The third kappa shape index (κ3) is 5.48. The van der Waals surface area contributed by atoms with E-state index >= 15 is 0 Å². The summed E-state index contributed by atoms with van der Waals surface area (Å²) < 4.78 is 31.3. The van der Waals surface area contributed by atoms with E-state index in [4.69, 9.17) is 19.8 Å². The fourth-order valence-electron chi connectivity index (χ4n) is 2.53. The van der Waals surface area contributed by atoms with Crippen molar-refractivity contribution < 1.29 is 23.2 Å². The van der Waals surface area contributed by atoms with Crippen LogP contribution in [0.15, 0.2) is 23.7 Å². The maximum absolute atomic E-state index is 13.8. The molecule has 1 aliphatic heterocycles. The predicted molar refractivity (Wildman–Crippen MR) is 109 cm³/mol. The fraction of sp³-hybridized carbons (Fsp3) is 0.550. The van der Waals surface area contributed by atoms with Crippen LogP contribution in [0.25, 0.3) is 6.08 Å². The Morgan fingerprint density at radius 2 is 1.82 bits per heavy atom. The van der Waals surface area contributed by atoms with Gasteiger partial charge in [-0.25, -0.2) is 9.18 Å². The molecular weight excluding hydrogens is 362 g/mol. The second-order valence-electron chi connectivity index (χ2n) is 8.94. The normalized spacial score (nSPS) is 18.9. The van der Waals surface area contributed by atoms with E-state index in [9.17, 15) is 9.18 Å². The zero-order chi connectivity index (χ0) is 21.3. The molecule has 0 spiro atoms. The average molecular weight is 392 g/mol. The molecule has 0 atom stereocenters. The molecule has 1 aromatic carbocycles. The first-order valence-electron chi connectivity index (χ1n) is 9.28. The first-order valence-corrected chi connectivity index (χ1v) is 9.28. The van der Waals surface area contributed by atoms with Gasteiger partial charge in [0.15, 0.2) is 0 Å². The van der Waals surface area contributed by atoms with Crippen molar-refractivity contribution in [3.8, 4) is 0 Å². The lowest BCUT2D eigenvalue weighted by Gasteiger charge is -2.32. The first-order chi connectivity index (χ1) is 12.7. The van der Waals surface area contributed by atoms with E-state index in [2.05, 4.69) is 5.32 Å². The maximum atomic E-state index is 13.8. The molecule has 6 nitrogen and oxygen atoms in total. The number of rotatable bonds is 4. The molecule has 2 rings (SSSR count). The summed E-state index contributed by atoms with van der Waals surface area (Å²) in [7, 11) is -0.694. The minimum absolute atomic E-state index is 0.0706.